The van der Waals surface area contributed by atoms with E-state index in [0.717, 1.165) is 16.6 Å². The zero-order chi connectivity index (χ0) is 23.7. The molecule has 0 bridgehead atoms. The second kappa shape index (κ2) is 8.87. The van der Waals surface area contributed by atoms with Gasteiger partial charge in [0, 0.05) is 16.0 Å². The van der Waals surface area contributed by atoms with Gasteiger partial charge in [-0.1, -0.05) is 23.7 Å². The minimum absolute atomic E-state index is 0.124. The number of benzene rings is 3. The van der Waals surface area contributed by atoms with Gasteiger partial charge < -0.3 is 24.5 Å². The molecule has 0 fully saturated rings. The Labute approximate surface area is 198 Å². The van der Waals surface area contributed by atoms with Crippen molar-refractivity contribution in [3.8, 4) is 28.8 Å². The number of rotatable bonds is 6. The molecule has 0 saturated carbocycles. The number of halogens is 1. The van der Waals surface area contributed by atoms with Crippen LogP contribution in [0.3, 0.4) is 0 Å². The quantitative estimate of drug-likeness (QED) is 0.269. The van der Waals surface area contributed by atoms with E-state index >= 15 is 0 Å². The van der Waals surface area contributed by atoms with Gasteiger partial charge in [-0.3, -0.25) is 4.79 Å². The van der Waals surface area contributed by atoms with Crippen LogP contribution in [0.1, 0.15) is 0 Å². The number of ether oxygens (including phenoxy) is 2. The van der Waals surface area contributed by atoms with Crippen LogP contribution in [0.25, 0.3) is 33.3 Å². The molecule has 9 nitrogen and oxygen atoms in total. The fourth-order valence-corrected chi connectivity index (χ4v) is 3.71. The van der Waals surface area contributed by atoms with E-state index in [2.05, 4.69) is 25.2 Å². The van der Waals surface area contributed by atoms with Crippen LogP contribution < -0.4 is 9.47 Å². The Bertz CT molecular complexity index is 1520. The number of methoxy groups -OCH3 is 1. The van der Waals surface area contributed by atoms with Gasteiger partial charge in [0.05, 0.1) is 23.7 Å². The van der Waals surface area contributed by atoms with Crippen LogP contribution in [0.2, 0.25) is 5.02 Å². The van der Waals surface area contributed by atoms with Crippen LogP contribution in [-0.4, -0.2) is 39.7 Å². The monoisotopic (exact) mass is 475 g/mol. The molecule has 0 aliphatic heterocycles. The number of aromatic hydroxyl groups is 1. The maximum atomic E-state index is 12.3. The molecule has 0 aliphatic rings. The lowest BCUT2D eigenvalue weighted by Gasteiger charge is -2.10. The standard InChI is InChI=1S/C24H18ClN5O4/c1-33-20-10-13(23-26-17-4-2-3-5-18(17)27-23)6-9-19(20)34-12-21(31)29-30-22-15-11-14(25)7-8-16(15)28-24(22)32/h2-11,28,32H,12H2,1H3,(H,26,27). The van der Waals surface area contributed by atoms with Gasteiger partial charge in [-0.25, -0.2) is 4.98 Å². The Morgan fingerprint density at radius 2 is 1.91 bits per heavy atom. The van der Waals surface area contributed by atoms with Crippen LogP contribution in [0.4, 0.5) is 5.69 Å². The van der Waals surface area contributed by atoms with Gasteiger partial charge in [-0.2, -0.15) is 0 Å². The maximum Gasteiger partial charge on any atom is 0.302 e. The number of para-hydroxylation sites is 2. The summed E-state index contributed by atoms with van der Waals surface area (Å²) in [6.07, 6.45) is 0. The summed E-state index contributed by atoms with van der Waals surface area (Å²) >= 11 is 6.01. The number of amides is 1. The van der Waals surface area contributed by atoms with Crippen LogP contribution in [0.15, 0.2) is 70.9 Å². The predicted molar refractivity (Wildman–Crippen MR) is 128 cm³/mol. The highest BCUT2D eigenvalue weighted by atomic mass is 35.5. The summed E-state index contributed by atoms with van der Waals surface area (Å²) < 4.78 is 11.0. The average Bonchev–Trinajstić information content (AvgIpc) is 3.41. The maximum absolute atomic E-state index is 12.3. The average molecular weight is 476 g/mol. The zero-order valence-corrected chi connectivity index (χ0v) is 18.6. The Morgan fingerprint density at radius 1 is 1.06 bits per heavy atom. The summed E-state index contributed by atoms with van der Waals surface area (Å²) in [7, 11) is 1.51. The third-order valence-corrected chi connectivity index (χ3v) is 5.39. The topological polar surface area (TPSA) is 125 Å². The molecule has 0 spiro atoms. The van der Waals surface area contributed by atoms with Crippen molar-refractivity contribution < 1.29 is 19.4 Å². The molecule has 3 N–H and O–H groups in total. The molecule has 0 radical (unpaired) electrons. The number of aromatic nitrogens is 3. The van der Waals surface area contributed by atoms with Crippen LogP contribution in [-0.2, 0) is 4.79 Å². The lowest BCUT2D eigenvalue weighted by molar-refractivity contribution is -0.120. The lowest BCUT2D eigenvalue weighted by atomic mass is 10.2. The molecule has 2 heterocycles. The smallest absolute Gasteiger partial charge is 0.302 e. The molecule has 0 saturated heterocycles. The van der Waals surface area contributed by atoms with E-state index in [1.807, 2.05) is 30.3 Å². The highest BCUT2D eigenvalue weighted by molar-refractivity contribution is 6.31. The van der Waals surface area contributed by atoms with Gasteiger partial charge in [0.2, 0.25) is 5.88 Å². The Hall–Kier alpha value is -4.37. The SMILES string of the molecule is COc1cc(-c2nc3ccccc3[nH]2)ccc1OCC(=O)N=Nc1c(O)[nH]c2ccc(Cl)cc12. The van der Waals surface area contributed by atoms with Gasteiger partial charge in [0.25, 0.3) is 0 Å². The third-order valence-electron chi connectivity index (χ3n) is 5.15. The van der Waals surface area contributed by atoms with E-state index in [1.165, 1.54) is 7.11 Å². The van der Waals surface area contributed by atoms with Gasteiger partial charge in [-0.05, 0) is 48.5 Å². The van der Waals surface area contributed by atoms with Crippen molar-refractivity contribution in [1.82, 2.24) is 15.0 Å². The molecule has 5 rings (SSSR count). The number of carbonyl (C=O) groups excluding carboxylic acids is 1. The fraction of sp³-hybridized carbons (Fsp3) is 0.0833. The molecule has 170 valence electrons. The molecule has 34 heavy (non-hydrogen) atoms. The third kappa shape index (κ3) is 4.16. The predicted octanol–water partition coefficient (Wildman–Crippen LogP) is 5.77. The first kappa shape index (κ1) is 21.5. The highest BCUT2D eigenvalue weighted by Gasteiger charge is 2.14. The Morgan fingerprint density at radius 3 is 2.74 bits per heavy atom. The summed E-state index contributed by atoms with van der Waals surface area (Å²) in [5.74, 6) is 0.644. The summed E-state index contributed by atoms with van der Waals surface area (Å²) in [5, 5.41) is 18.6. The molecule has 2 aromatic heterocycles. The number of nitrogens with one attached hydrogen (secondary N) is 2. The van der Waals surface area contributed by atoms with Crippen molar-refractivity contribution in [3.05, 3.63) is 65.7 Å². The van der Waals surface area contributed by atoms with E-state index in [9.17, 15) is 9.90 Å². The number of hydrogen-bond donors (Lipinski definition) is 3. The second-order valence-electron chi connectivity index (χ2n) is 7.36. The number of nitrogens with zero attached hydrogens (tertiary/aromatic N) is 3. The van der Waals surface area contributed by atoms with E-state index < -0.39 is 5.91 Å². The van der Waals surface area contributed by atoms with Gasteiger partial charge in [0.15, 0.2) is 23.8 Å². The largest absolute Gasteiger partial charge is 0.493 e. The van der Waals surface area contributed by atoms with Crippen LogP contribution in [0.5, 0.6) is 17.4 Å². The van der Waals surface area contributed by atoms with Crippen LogP contribution >= 0.6 is 11.6 Å². The molecular formula is C24H18ClN5O4. The van der Waals surface area contributed by atoms with Crippen molar-refractivity contribution in [2.75, 3.05) is 13.7 Å². The number of carbonyl (C=O) groups is 1. The van der Waals surface area contributed by atoms with Crippen molar-refractivity contribution in [3.63, 3.8) is 0 Å². The first-order valence-corrected chi connectivity index (χ1v) is 10.6. The Kier molecular flexibility index (Phi) is 5.60. The zero-order valence-electron chi connectivity index (χ0n) is 17.9. The van der Waals surface area contributed by atoms with E-state index in [-0.39, 0.29) is 18.2 Å². The number of H-pyrrole nitrogens is 2. The van der Waals surface area contributed by atoms with Gasteiger partial charge in [-0.15, -0.1) is 10.2 Å². The number of imidazole rings is 1. The molecule has 0 unspecified atom stereocenters. The molecule has 10 heteroatoms. The van der Waals surface area contributed by atoms with Crippen molar-refractivity contribution in [2.24, 2.45) is 10.2 Å². The van der Waals surface area contributed by atoms with Gasteiger partial charge >= 0.3 is 5.91 Å². The van der Waals surface area contributed by atoms with Crippen molar-refractivity contribution >= 4 is 45.1 Å². The molecule has 1 amide bonds. The van der Waals surface area contributed by atoms with Gasteiger partial charge in [0.1, 0.15) is 5.82 Å². The number of fused-ring (bicyclic) bond motifs is 2. The molecule has 0 aliphatic carbocycles. The minimum Gasteiger partial charge on any atom is -0.493 e. The van der Waals surface area contributed by atoms with E-state index in [4.69, 9.17) is 21.1 Å². The fourth-order valence-electron chi connectivity index (χ4n) is 3.53. The summed E-state index contributed by atoms with van der Waals surface area (Å²) in [6.45, 7) is -0.367. The summed E-state index contributed by atoms with van der Waals surface area (Å²) in [6, 6.07) is 18.0. The highest BCUT2D eigenvalue weighted by Crippen LogP contribution is 2.37. The van der Waals surface area contributed by atoms with Crippen LogP contribution in [0, 0.1) is 0 Å². The number of hydrogen-bond acceptors (Lipinski definition) is 6. The first-order chi connectivity index (χ1) is 16.5. The van der Waals surface area contributed by atoms with Crippen molar-refractivity contribution in [2.45, 2.75) is 0 Å². The number of aromatic amines is 2. The molecule has 5 aromatic rings. The molecule has 0 atom stereocenters. The number of azo groups is 1. The Balaban J connectivity index is 1.30. The molecular weight excluding hydrogens is 458 g/mol. The van der Waals surface area contributed by atoms with E-state index in [0.29, 0.717) is 33.2 Å². The second-order valence-corrected chi connectivity index (χ2v) is 7.80. The molecule has 3 aromatic carbocycles. The van der Waals surface area contributed by atoms with Crippen molar-refractivity contribution in [1.29, 1.82) is 0 Å². The summed E-state index contributed by atoms with van der Waals surface area (Å²) in [4.78, 5) is 22.9. The first-order valence-electron chi connectivity index (χ1n) is 10.2. The lowest BCUT2D eigenvalue weighted by Crippen LogP contribution is -2.08. The normalized spacial score (nSPS) is 11.5. The summed E-state index contributed by atoms with van der Waals surface area (Å²) in [5.41, 5.74) is 3.33. The minimum atomic E-state index is -0.640. The van der Waals surface area contributed by atoms with E-state index in [1.54, 1.807) is 30.3 Å².